The second-order valence-electron chi connectivity index (χ2n) is 4.89. The minimum atomic E-state index is 0.342. The Morgan fingerprint density at radius 2 is 2.10 bits per heavy atom. The van der Waals surface area contributed by atoms with Gasteiger partial charge in [-0.3, -0.25) is 0 Å². The minimum absolute atomic E-state index is 0.342. The molecule has 0 spiro atoms. The van der Waals surface area contributed by atoms with Crippen LogP contribution in [0.15, 0.2) is 34.9 Å². The van der Waals surface area contributed by atoms with Crippen molar-refractivity contribution in [1.29, 1.82) is 0 Å². The molecule has 1 aromatic carbocycles. The van der Waals surface area contributed by atoms with Crippen molar-refractivity contribution in [2.45, 2.75) is 32.0 Å². The van der Waals surface area contributed by atoms with Crippen LogP contribution in [-0.2, 0) is 13.2 Å². The van der Waals surface area contributed by atoms with Crippen LogP contribution >= 0.6 is 23.2 Å². The smallest absolute Gasteiger partial charge is 0.146 e. The molecule has 3 rings (SSSR count). The Hall–Kier alpha value is -1.16. The van der Waals surface area contributed by atoms with E-state index < -0.39 is 0 Å². The fourth-order valence-corrected chi connectivity index (χ4v) is 2.26. The summed E-state index contributed by atoms with van der Waals surface area (Å²) in [7, 11) is 0. The number of benzene rings is 1. The number of ether oxygens (including phenoxy) is 1. The van der Waals surface area contributed by atoms with E-state index in [-0.39, 0.29) is 0 Å². The highest BCUT2D eigenvalue weighted by atomic mass is 35.5. The maximum Gasteiger partial charge on any atom is 0.146 e. The number of nitrogens with one attached hydrogen (secondary N) is 1. The molecule has 1 heterocycles. The Labute approximate surface area is 127 Å². The van der Waals surface area contributed by atoms with E-state index in [1.165, 1.54) is 12.8 Å². The molecule has 3 nitrogen and oxygen atoms in total. The molecule has 0 unspecified atom stereocenters. The molecular formula is C15H15Cl2NO2. The van der Waals surface area contributed by atoms with Crippen LogP contribution in [0.3, 0.4) is 0 Å². The van der Waals surface area contributed by atoms with Crippen molar-refractivity contribution in [3.05, 3.63) is 51.9 Å². The van der Waals surface area contributed by atoms with Crippen LogP contribution in [0.4, 0.5) is 0 Å². The first-order valence-corrected chi connectivity index (χ1v) is 7.34. The maximum absolute atomic E-state index is 6.06. The number of halogens is 2. The Morgan fingerprint density at radius 3 is 2.90 bits per heavy atom. The summed E-state index contributed by atoms with van der Waals surface area (Å²) in [6.07, 6.45) is 4.21. The molecule has 1 saturated carbocycles. The van der Waals surface area contributed by atoms with Crippen LogP contribution in [0, 0.1) is 0 Å². The van der Waals surface area contributed by atoms with Crippen molar-refractivity contribution < 1.29 is 9.15 Å². The summed E-state index contributed by atoms with van der Waals surface area (Å²) in [5.41, 5.74) is 1.12. The van der Waals surface area contributed by atoms with Crippen LogP contribution in [-0.4, -0.2) is 6.04 Å². The van der Waals surface area contributed by atoms with Crippen LogP contribution in [0.25, 0.3) is 0 Å². The van der Waals surface area contributed by atoms with Gasteiger partial charge in [-0.15, -0.1) is 0 Å². The number of hydrogen-bond donors (Lipinski definition) is 1. The van der Waals surface area contributed by atoms with Crippen molar-refractivity contribution in [2.24, 2.45) is 0 Å². The van der Waals surface area contributed by atoms with Gasteiger partial charge in [0.25, 0.3) is 0 Å². The molecule has 1 fully saturated rings. The Balaban J connectivity index is 1.62. The third kappa shape index (κ3) is 3.48. The normalized spacial score (nSPS) is 14.5. The predicted molar refractivity (Wildman–Crippen MR) is 79.4 cm³/mol. The summed E-state index contributed by atoms with van der Waals surface area (Å²) in [5.74, 6) is 1.38. The molecule has 20 heavy (non-hydrogen) atoms. The fourth-order valence-electron chi connectivity index (χ4n) is 1.92. The van der Waals surface area contributed by atoms with Crippen LogP contribution in [0.5, 0.6) is 5.75 Å². The van der Waals surface area contributed by atoms with Gasteiger partial charge in [-0.05, 0) is 31.0 Å². The molecule has 0 atom stereocenters. The Morgan fingerprint density at radius 1 is 1.25 bits per heavy atom. The third-order valence-corrected chi connectivity index (χ3v) is 3.80. The molecule has 0 saturated heterocycles. The first-order chi connectivity index (χ1) is 9.72. The quantitative estimate of drug-likeness (QED) is 0.857. The van der Waals surface area contributed by atoms with Gasteiger partial charge in [-0.25, -0.2) is 0 Å². The average Bonchev–Trinajstić information content (AvgIpc) is 3.16. The zero-order valence-electron chi connectivity index (χ0n) is 10.9. The Bertz CT molecular complexity index is 593. The summed E-state index contributed by atoms with van der Waals surface area (Å²) < 4.78 is 11.2. The van der Waals surface area contributed by atoms with E-state index in [1.807, 2.05) is 6.07 Å². The van der Waals surface area contributed by atoms with Gasteiger partial charge in [0.2, 0.25) is 0 Å². The molecule has 2 aromatic rings. The Kier molecular flexibility index (Phi) is 4.20. The van der Waals surface area contributed by atoms with E-state index in [4.69, 9.17) is 32.4 Å². The molecule has 106 valence electrons. The highest BCUT2D eigenvalue weighted by Crippen LogP contribution is 2.29. The lowest BCUT2D eigenvalue weighted by molar-refractivity contribution is 0.268. The highest BCUT2D eigenvalue weighted by Gasteiger charge is 2.21. The molecule has 0 radical (unpaired) electrons. The fraction of sp³-hybridized carbons (Fsp3) is 0.333. The van der Waals surface area contributed by atoms with Gasteiger partial charge in [0.05, 0.1) is 11.3 Å². The molecular weight excluding hydrogens is 297 g/mol. The zero-order valence-corrected chi connectivity index (χ0v) is 12.4. The summed E-state index contributed by atoms with van der Waals surface area (Å²) in [4.78, 5) is 0. The van der Waals surface area contributed by atoms with Crippen molar-refractivity contribution in [3.63, 3.8) is 0 Å². The van der Waals surface area contributed by atoms with Crippen LogP contribution in [0.1, 0.15) is 24.2 Å². The number of hydrogen-bond acceptors (Lipinski definition) is 3. The van der Waals surface area contributed by atoms with Crippen molar-refractivity contribution >= 4 is 23.2 Å². The topological polar surface area (TPSA) is 34.4 Å². The third-order valence-electron chi connectivity index (χ3n) is 3.25. The molecule has 0 aliphatic heterocycles. The second kappa shape index (κ2) is 6.08. The first-order valence-electron chi connectivity index (χ1n) is 6.59. The number of furan rings is 1. The summed E-state index contributed by atoms with van der Waals surface area (Å²) in [6, 6.07) is 7.79. The van der Waals surface area contributed by atoms with Gasteiger partial charge in [0, 0.05) is 29.2 Å². The van der Waals surface area contributed by atoms with E-state index >= 15 is 0 Å². The molecule has 1 aromatic heterocycles. The largest absolute Gasteiger partial charge is 0.484 e. The lowest BCUT2D eigenvalue weighted by Gasteiger charge is -2.08. The summed E-state index contributed by atoms with van der Waals surface area (Å²) >= 11 is 12.0. The molecule has 1 aliphatic rings. The van der Waals surface area contributed by atoms with Crippen LogP contribution < -0.4 is 10.1 Å². The van der Waals surface area contributed by atoms with Gasteiger partial charge in [-0.1, -0.05) is 23.2 Å². The monoisotopic (exact) mass is 311 g/mol. The zero-order chi connectivity index (χ0) is 13.9. The van der Waals surface area contributed by atoms with Crippen molar-refractivity contribution in [3.8, 4) is 5.75 Å². The summed E-state index contributed by atoms with van der Waals surface area (Å²) in [5, 5.41) is 4.59. The highest BCUT2D eigenvalue weighted by molar-refractivity contribution is 6.34. The summed E-state index contributed by atoms with van der Waals surface area (Å²) in [6.45, 7) is 1.15. The maximum atomic E-state index is 6.06. The van der Waals surface area contributed by atoms with Gasteiger partial charge in [-0.2, -0.15) is 0 Å². The SMILES string of the molecule is Clc1ccc(Cl)c(OCc2occc2CNC2CC2)c1. The van der Waals surface area contributed by atoms with E-state index in [0.717, 1.165) is 17.9 Å². The van der Waals surface area contributed by atoms with Gasteiger partial charge < -0.3 is 14.5 Å². The minimum Gasteiger partial charge on any atom is -0.484 e. The second-order valence-corrected chi connectivity index (χ2v) is 5.73. The lowest BCUT2D eigenvalue weighted by Crippen LogP contribution is -2.16. The molecule has 5 heteroatoms. The standard InChI is InChI=1S/C15H15Cl2NO2/c16-11-1-4-13(17)14(7-11)20-9-15-10(5-6-19-15)8-18-12-2-3-12/h1,4-7,12,18H,2-3,8-9H2. The van der Waals surface area contributed by atoms with E-state index in [9.17, 15) is 0 Å². The molecule has 1 N–H and O–H groups in total. The van der Waals surface area contributed by atoms with E-state index in [0.29, 0.717) is 28.4 Å². The molecule has 0 amide bonds. The van der Waals surface area contributed by atoms with Gasteiger partial charge in [0.1, 0.15) is 18.1 Å². The first kappa shape index (κ1) is 13.8. The van der Waals surface area contributed by atoms with Gasteiger partial charge >= 0.3 is 0 Å². The average molecular weight is 312 g/mol. The molecule has 1 aliphatic carbocycles. The lowest BCUT2D eigenvalue weighted by atomic mass is 10.2. The van der Waals surface area contributed by atoms with Crippen LogP contribution in [0.2, 0.25) is 10.0 Å². The predicted octanol–water partition coefficient (Wildman–Crippen LogP) is 4.42. The van der Waals surface area contributed by atoms with Crippen molar-refractivity contribution in [2.75, 3.05) is 0 Å². The number of rotatable bonds is 6. The van der Waals surface area contributed by atoms with Crippen molar-refractivity contribution in [1.82, 2.24) is 5.32 Å². The van der Waals surface area contributed by atoms with E-state index in [1.54, 1.807) is 24.5 Å². The molecule has 0 bridgehead atoms. The van der Waals surface area contributed by atoms with Gasteiger partial charge in [0.15, 0.2) is 0 Å². The van der Waals surface area contributed by atoms with E-state index in [2.05, 4.69) is 5.32 Å².